The summed E-state index contributed by atoms with van der Waals surface area (Å²) in [6, 6.07) is 3.46. The highest BCUT2D eigenvalue weighted by atomic mass is 19.3. The summed E-state index contributed by atoms with van der Waals surface area (Å²) in [4.78, 5) is 0. The molecule has 8 heteroatoms. The smallest absolute Gasteiger partial charge is 0.421 e. The van der Waals surface area contributed by atoms with Gasteiger partial charge in [0.25, 0.3) is 0 Å². The maximum absolute atomic E-state index is 12.8. The van der Waals surface area contributed by atoms with E-state index in [1.54, 1.807) is 5.48 Å². The number of rotatable bonds is 2. The van der Waals surface area contributed by atoms with Gasteiger partial charge < -0.3 is 14.7 Å². The number of nitrogens with one attached hydrogen (secondary N) is 1. The van der Waals surface area contributed by atoms with Crippen molar-refractivity contribution < 1.29 is 32.2 Å². The van der Waals surface area contributed by atoms with E-state index in [2.05, 4.69) is 9.47 Å². The number of fused-ring (bicyclic) bond motifs is 1. The van der Waals surface area contributed by atoms with Crippen LogP contribution in [0, 0.1) is 0 Å². The number of benzene rings is 1. The molecule has 1 heterocycles. The molecular formula is C9H7F4NO3. The zero-order valence-electron chi connectivity index (χ0n) is 8.21. The number of hydroxylamine groups is 1. The standard InChI is InChI=1S/C9H7F4NO3/c10-8(11)9(12,13)17-7-3-5(4-14-15)1-2-6(7)16-8/h1-3,14-15H,4H2. The Morgan fingerprint density at radius 1 is 1.06 bits per heavy atom. The molecule has 0 atom stereocenters. The second-order valence-corrected chi connectivity index (χ2v) is 3.35. The molecule has 17 heavy (non-hydrogen) atoms. The first-order valence-electron chi connectivity index (χ1n) is 4.49. The monoisotopic (exact) mass is 253 g/mol. The molecule has 1 aliphatic rings. The van der Waals surface area contributed by atoms with Crippen molar-refractivity contribution in [1.29, 1.82) is 0 Å². The minimum Gasteiger partial charge on any atom is -0.421 e. The molecule has 0 saturated heterocycles. The van der Waals surface area contributed by atoms with Crippen molar-refractivity contribution in [1.82, 2.24) is 5.48 Å². The zero-order chi connectivity index (χ0) is 12.7. The summed E-state index contributed by atoms with van der Waals surface area (Å²) >= 11 is 0. The van der Waals surface area contributed by atoms with Gasteiger partial charge in [-0.2, -0.15) is 17.6 Å². The summed E-state index contributed by atoms with van der Waals surface area (Å²) in [5.41, 5.74) is 2.17. The molecule has 0 saturated carbocycles. The highest BCUT2D eigenvalue weighted by Crippen LogP contribution is 2.46. The predicted molar refractivity (Wildman–Crippen MR) is 46.2 cm³/mol. The first-order chi connectivity index (χ1) is 7.86. The van der Waals surface area contributed by atoms with E-state index in [4.69, 9.17) is 5.21 Å². The normalized spacial score (nSPS) is 20.1. The van der Waals surface area contributed by atoms with Crippen LogP contribution in [0.25, 0.3) is 0 Å². The molecule has 0 aromatic heterocycles. The van der Waals surface area contributed by atoms with Gasteiger partial charge in [-0.15, -0.1) is 0 Å². The van der Waals surface area contributed by atoms with Gasteiger partial charge in [-0.25, -0.2) is 5.48 Å². The molecule has 1 aliphatic heterocycles. The van der Waals surface area contributed by atoms with Gasteiger partial charge in [-0.3, -0.25) is 0 Å². The molecule has 0 spiro atoms. The predicted octanol–water partition coefficient (Wildman–Crippen LogP) is 2.12. The van der Waals surface area contributed by atoms with Gasteiger partial charge in [0.1, 0.15) is 0 Å². The average molecular weight is 253 g/mol. The summed E-state index contributed by atoms with van der Waals surface area (Å²) in [6.45, 7) is -0.0431. The molecule has 2 rings (SSSR count). The highest BCUT2D eigenvalue weighted by Gasteiger charge is 2.65. The number of halogens is 4. The first-order valence-corrected chi connectivity index (χ1v) is 4.49. The van der Waals surface area contributed by atoms with Crippen LogP contribution in [-0.4, -0.2) is 17.4 Å². The summed E-state index contributed by atoms with van der Waals surface area (Å²) in [5, 5.41) is 8.42. The van der Waals surface area contributed by atoms with Gasteiger partial charge in [0.15, 0.2) is 11.5 Å². The summed E-state index contributed by atoms with van der Waals surface area (Å²) in [6.07, 6.45) is -9.44. The third-order valence-corrected chi connectivity index (χ3v) is 2.11. The lowest BCUT2D eigenvalue weighted by molar-refractivity contribution is -0.391. The lowest BCUT2D eigenvalue weighted by atomic mass is 10.2. The minimum atomic E-state index is -4.73. The molecule has 4 nitrogen and oxygen atoms in total. The Hall–Kier alpha value is -1.54. The van der Waals surface area contributed by atoms with Gasteiger partial charge in [-0.1, -0.05) is 6.07 Å². The molecule has 1 aromatic carbocycles. The van der Waals surface area contributed by atoms with Crippen molar-refractivity contribution in [3.8, 4) is 11.5 Å². The van der Waals surface area contributed by atoms with Gasteiger partial charge >= 0.3 is 12.2 Å². The van der Waals surface area contributed by atoms with E-state index in [1.807, 2.05) is 0 Å². The van der Waals surface area contributed by atoms with Crippen LogP contribution in [0.3, 0.4) is 0 Å². The van der Waals surface area contributed by atoms with Crippen molar-refractivity contribution >= 4 is 0 Å². The van der Waals surface area contributed by atoms with Crippen molar-refractivity contribution in [3.05, 3.63) is 23.8 Å². The topological polar surface area (TPSA) is 50.7 Å². The summed E-state index contributed by atoms with van der Waals surface area (Å²) < 4.78 is 58.9. The van der Waals surface area contributed by atoms with Crippen LogP contribution in [0.15, 0.2) is 18.2 Å². The molecule has 0 bridgehead atoms. The lowest BCUT2D eigenvalue weighted by Gasteiger charge is -2.31. The maximum atomic E-state index is 12.8. The molecular weight excluding hydrogens is 246 g/mol. The molecule has 0 aliphatic carbocycles. The zero-order valence-corrected chi connectivity index (χ0v) is 8.21. The van der Waals surface area contributed by atoms with Crippen LogP contribution in [0.2, 0.25) is 0 Å². The average Bonchev–Trinajstić information content (AvgIpc) is 2.20. The van der Waals surface area contributed by atoms with E-state index in [-0.39, 0.29) is 6.54 Å². The van der Waals surface area contributed by atoms with Gasteiger partial charge in [-0.05, 0) is 17.7 Å². The summed E-state index contributed by atoms with van der Waals surface area (Å²) in [5.74, 6) is -0.990. The van der Waals surface area contributed by atoms with E-state index in [0.717, 1.165) is 12.1 Å². The van der Waals surface area contributed by atoms with Crippen LogP contribution < -0.4 is 15.0 Å². The van der Waals surface area contributed by atoms with Gasteiger partial charge in [0, 0.05) is 6.54 Å². The van der Waals surface area contributed by atoms with Gasteiger partial charge in [0.05, 0.1) is 0 Å². The second kappa shape index (κ2) is 3.74. The largest absolute Gasteiger partial charge is 0.507 e. The number of alkyl halides is 4. The fourth-order valence-electron chi connectivity index (χ4n) is 1.31. The summed E-state index contributed by atoms with van der Waals surface area (Å²) in [7, 11) is 0. The van der Waals surface area contributed by atoms with E-state index in [9.17, 15) is 17.6 Å². The van der Waals surface area contributed by atoms with Crippen molar-refractivity contribution in [2.75, 3.05) is 0 Å². The van der Waals surface area contributed by atoms with Crippen molar-refractivity contribution in [2.45, 2.75) is 18.8 Å². The van der Waals surface area contributed by atoms with Crippen molar-refractivity contribution in [3.63, 3.8) is 0 Å². The van der Waals surface area contributed by atoms with Crippen LogP contribution in [0.4, 0.5) is 17.6 Å². The minimum absolute atomic E-state index is 0.0431. The van der Waals surface area contributed by atoms with E-state index in [1.165, 1.54) is 6.07 Å². The quantitative estimate of drug-likeness (QED) is 0.626. The molecule has 0 amide bonds. The van der Waals surface area contributed by atoms with Crippen molar-refractivity contribution in [2.24, 2.45) is 0 Å². The maximum Gasteiger partial charge on any atom is 0.507 e. The third-order valence-electron chi connectivity index (χ3n) is 2.11. The fraction of sp³-hybridized carbons (Fsp3) is 0.333. The Kier molecular flexibility index (Phi) is 2.63. The molecule has 1 aromatic rings. The van der Waals surface area contributed by atoms with Crippen LogP contribution >= 0.6 is 0 Å². The van der Waals surface area contributed by atoms with E-state index < -0.39 is 23.7 Å². The Balaban J connectivity index is 2.36. The number of hydrogen-bond acceptors (Lipinski definition) is 4. The number of ether oxygens (including phenoxy) is 2. The highest BCUT2D eigenvalue weighted by molar-refractivity contribution is 5.44. The SMILES string of the molecule is ONCc1ccc2c(c1)OC(F)(F)C(F)(F)O2. The Bertz CT molecular complexity index is 438. The molecule has 0 fully saturated rings. The van der Waals surface area contributed by atoms with Gasteiger partial charge in [0.2, 0.25) is 0 Å². The molecule has 0 unspecified atom stereocenters. The fourth-order valence-corrected chi connectivity index (χ4v) is 1.31. The van der Waals surface area contributed by atoms with Crippen LogP contribution in [0.1, 0.15) is 5.56 Å². The molecule has 2 N–H and O–H groups in total. The second-order valence-electron chi connectivity index (χ2n) is 3.35. The van der Waals surface area contributed by atoms with Crippen LogP contribution in [0.5, 0.6) is 11.5 Å². The Morgan fingerprint density at radius 3 is 2.24 bits per heavy atom. The lowest BCUT2D eigenvalue weighted by Crippen LogP contribution is -2.52. The van der Waals surface area contributed by atoms with E-state index >= 15 is 0 Å². The molecule has 94 valence electrons. The first kappa shape index (κ1) is 11.9. The number of hydrogen-bond donors (Lipinski definition) is 2. The third kappa shape index (κ3) is 2.01. The Morgan fingerprint density at radius 2 is 1.65 bits per heavy atom. The molecule has 0 radical (unpaired) electrons. The van der Waals surface area contributed by atoms with Crippen LogP contribution in [-0.2, 0) is 6.54 Å². The Labute approximate surface area is 92.7 Å². The van der Waals surface area contributed by atoms with E-state index in [0.29, 0.717) is 5.56 Å².